The van der Waals surface area contributed by atoms with Crippen LogP contribution >= 0.6 is 24.0 Å². The Hall–Kier alpha value is -1.35. The lowest BCUT2D eigenvalue weighted by atomic mass is 10.1. The highest BCUT2D eigenvalue weighted by Crippen LogP contribution is 2.20. The fraction of sp³-hybridized carbons (Fsp3) is 0.667. The summed E-state index contributed by atoms with van der Waals surface area (Å²) in [5, 5.41) is 6.71. The molecule has 1 aliphatic carbocycles. The van der Waals surface area contributed by atoms with E-state index >= 15 is 0 Å². The Morgan fingerprint density at radius 1 is 1.10 bits per heavy atom. The molecule has 6 nitrogen and oxygen atoms in total. The van der Waals surface area contributed by atoms with Gasteiger partial charge in [0.25, 0.3) is 0 Å². The van der Waals surface area contributed by atoms with Crippen molar-refractivity contribution in [2.24, 2.45) is 4.99 Å². The predicted octanol–water partition coefficient (Wildman–Crippen LogP) is 4.22. The van der Waals surface area contributed by atoms with Crippen molar-refractivity contribution in [2.75, 3.05) is 26.2 Å². The Balaban J connectivity index is 0.00000341. The molecule has 31 heavy (non-hydrogen) atoms. The first-order valence-corrected chi connectivity index (χ1v) is 11.7. The number of guanidine groups is 1. The number of benzene rings is 1. The SMILES string of the molecule is CCNC(=NCc1ccccc1CN1CCCC1=O)NCCOC1CCCCCC1.I. The Bertz CT molecular complexity index is 690. The molecule has 0 atom stereocenters. The standard InChI is InChI=1S/C24H38N4O2.HI/c1-2-25-24(26-15-17-30-22-12-5-3-4-6-13-22)27-18-20-10-7-8-11-21(20)19-28-16-9-14-23(28)29;/h7-8,10-11,22H,2-6,9,12-19H2,1H3,(H2,25,26,27);1H. The first kappa shape index (κ1) is 25.9. The van der Waals surface area contributed by atoms with Crippen molar-refractivity contribution in [3.63, 3.8) is 0 Å². The van der Waals surface area contributed by atoms with Gasteiger partial charge in [-0.3, -0.25) is 4.79 Å². The summed E-state index contributed by atoms with van der Waals surface area (Å²) in [6, 6.07) is 8.30. The van der Waals surface area contributed by atoms with E-state index in [-0.39, 0.29) is 29.9 Å². The second-order valence-corrected chi connectivity index (χ2v) is 8.29. The molecule has 1 aliphatic heterocycles. The molecule has 174 valence electrons. The molecule has 0 bridgehead atoms. The van der Waals surface area contributed by atoms with E-state index in [4.69, 9.17) is 9.73 Å². The molecular formula is C24H39IN4O2. The number of nitrogens with zero attached hydrogens (tertiary/aromatic N) is 2. The average molecular weight is 543 g/mol. The summed E-state index contributed by atoms with van der Waals surface area (Å²) < 4.78 is 6.08. The molecular weight excluding hydrogens is 503 g/mol. The molecule has 0 unspecified atom stereocenters. The molecule has 7 heteroatoms. The number of ether oxygens (including phenoxy) is 1. The first-order chi connectivity index (χ1) is 14.8. The maximum Gasteiger partial charge on any atom is 0.222 e. The van der Waals surface area contributed by atoms with E-state index in [1.807, 2.05) is 17.0 Å². The third kappa shape index (κ3) is 8.96. The van der Waals surface area contributed by atoms with E-state index in [0.29, 0.717) is 32.2 Å². The summed E-state index contributed by atoms with van der Waals surface area (Å²) in [7, 11) is 0. The van der Waals surface area contributed by atoms with Crippen LogP contribution in [0.25, 0.3) is 0 Å². The normalized spacial score (nSPS) is 17.9. The van der Waals surface area contributed by atoms with Crippen LogP contribution in [0.5, 0.6) is 0 Å². The molecule has 0 aromatic heterocycles. The number of halogens is 1. The van der Waals surface area contributed by atoms with Crippen LogP contribution in [0, 0.1) is 0 Å². The fourth-order valence-electron chi connectivity index (χ4n) is 4.25. The van der Waals surface area contributed by atoms with Crippen molar-refractivity contribution >= 4 is 35.8 Å². The van der Waals surface area contributed by atoms with Crippen LogP contribution in [-0.2, 0) is 22.6 Å². The van der Waals surface area contributed by atoms with E-state index in [0.717, 1.165) is 32.0 Å². The second kappa shape index (κ2) is 14.7. The van der Waals surface area contributed by atoms with E-state index in [1.165, 1.54) is 49.7 Å². The minimum absolute atomic E-state index is 0. The largest absolute Gasteiger partial charge is 0.376 e. The molecule has 2 aliphatic rings. The molecule has 1 aromatic rings. The van der Waals surface area contributed by atoms with Crippen molar-refractivity contribution in [2.45, 2.75) is 77.5 Å². The molecule has 1 heterocycles. The van der Waals surface area contributed by atoms with Crippen LogP contribution in [0.15, 0.2) is 29.3 Å². The molecule has 1 amide bonds. The van der Waals surface area contributed by atoms with Gasteiger partial charge in [0.05, 0.1) is 19.3 Å². The molecule has 2 N–H and O–H groups in total. The summed E-state index contributed by atoms with van der Waals surface area (Å²) in [5.41, 5.74) is 2.35. The molecule has 1 saturated carbocycles. The molecule has 1 saturated heterocycles. The van der Waals surface area contributed by atoms with Crippen molar-refractivity contribution in [3.8, 4) is 0 Å². The lowest BCUT2D eigenvalue weighted by molar-refractivity contribution is -0.128. The molecule has 3 rings (SSSR count). The highest BCUT2D eigenvalue weighted by molar-refractivity contribution is 14.0. The third-order valence-corrected chi connectivity index (χ3v) is 5.95. The highest BCUT2D eigenvalue weighted by atomic mass is 127. The quantitative estimate of drug-likeness (QED) is 0.161. The monoisotopic (exact) mass is 542 g/mol. The number of amides is 1. The maximum atomic E-state index is 12.0. The van der Waals surface area contributed by atoms with Crippen LogP contribution in [0.2, 0.25) is 0 Å². The zero-order chi connectivity index (χ0) is 21.0. The second-order valence-electron chi connectivity index (χ2n) is 8.29. The highest BCUT2D eigenvalue weighted by Gasteiger charge is 2.20. The van der Waals surface area contributed by atoms with E-state index in [9.17, 15) is 4.79 Å². The number of aliphatic imine (C=N–C) groups is 1. The zero-order valence-electron chi connectivity index (χ0n) is 18.9. The topological polar surface area (TPSA) is 66.0 Å². The first-order valence-electron chi connectivity index (χ1n) is 11.7. The predicted molar refractivity (Wildman–Crippen MR) is 137 cm³/mol. The van der Waals surface area contributed by atoms with Gasteiger partial charge in [-0.1, -0.05) is 49.9 Å². The number of nitrogens with one attached hydrogen (secondary N) is 2. The van der Waals surface area contributed by atoms with E-state index in [2.05, 4.69) is 29.7 Å². The fourth-order valence-corrected chi connectivity index (χ4v) is 4.25. The summed E-state index contributed by atoms with van der Waals surface area (Å²) in [4.78, 5) is 18.7. The van der Waals surface area contributed by atoms with Gasteiger partial charge in [0.2, 0.25) is 5.91 Å². The van der Waals surface area contributed by atoms with Gasteiger partial charge in [0.1, 0.15) is 0 Å². The summed E-state index contributed by atoms with van der Waals surface area (Å²) in [6.45, 7) is 6.50. The van der Waals surface area contributed by atoms with E-state index in [1.54, 1.807) is 0 Å². The Labute approximate surface area is 204 Å². The molecule has 0 radical (unpaired) electrons. The minimum atomic E-state index is 0. The van der Waals surface area contributed by atoms with Crippen molar-refractivity contribution in [1.82, 2.24) is 15.5 Å². The van der Waals surface area contributed by atoms with Crippen LogP contribution in [0.1, 0.15) is 69.4 Å². The van der Waals surface area contributed by atoms with Gasteiger partial charge in [-0.15, -0.1) is 24.0 Å². The number of carbonyl (C=O) groups is 1. The van der Waals surface area contributed by atoms with Gasteiger partial charge in [-0.25, -0.2) is 4.99 Å². The van der Waals surface area contributed by atoms with Gasteiger partial charge < -0.3 is 20.3 Å². The summed E-state index contributed by atoms with van der Waals surface area (Å²) in [5.74, 6) is 1.07. The van der Waals surface area contributed by atoms with Crippen LogP contribution in [0.3, 0.4) is 0 Å². The number of rotatable bonds is 9. The van der Waals surface area contributed by atoms with Crippen molar-refractivity contribution in [1.29, 1.82) is 0 Å². The smallest absolute Gasteiger partial charge is 0.222 e. The van der Waals surface area contributed by atoms with Gasteiger partial charge in [-0.05, 0) is 37.3 Å². The Morgan fingerprint density at radius 3 is 2.52 bits per heavy atom. The molecule has 1 aromatic carbocycles. The minimum Gasteiger partial charge on any atom is -0.376 e. The van der Waals surface area contributed by atoms with Crippen LogP contribution in [0.4, 0.5) is 0 Å². The lowest BCUT2D eigenvalue weighted by Gasteiger charge is -2.18. The number of likely N-dealkylation sites (tertiary alicyclic amines) is 1. The van der Waals surface area contributed by atoms with Crippen molar-refractivity contribution in [3.05, 3.63) is 35.4 Å². The lowest BCUT2D eigenvalue weighted by Crippen LogP contribution is -2.39. The summed E-state index contributed by atoms with van der Waals surface area (Å²) >= 11 is 0. The number of hydrogen-bond acceptors (Lipinski definition) is 3. The number of carbonyl (C=O) groups excluding carboxylic acids is 1. The Morgan fingerprint density at radius 2 is 1.84 bits per heavy atom. The summed E-state index contributed by atoms with van der Waals surface area (Å²) in [6.07, 6.45) is 9.76. The maximum absolute atomic E-state index is 12.0. The molecule has 0 spiro atoms. The van der Waals surface area contributed by atoms with Gasteiger partial charge in [-0.2, -0.15) is 0 Å². The van der Waals surface area contributed by atoms with Gasteiger partial charge in [0, 0.05) is 32.6 Å². The van der Waals surface area contributed by atoms with Gasteiger partial charge in [0.15, 0.2) is 5.96 Å². The van der Waals surface area contributed by atoms with Crippen LogP contribution < -0.4 is 10.6 Å². The number of hydrogen-bond donors (Lipinski definition) is 2. The van der Waals surface area contributed by atoms with Gasteiger partial charge >= 0.3 is 0 Å². The van der Waals surface area contributed by atoms with Crippen LogP contribution in [-0.4, -0.2) is 49.1 Å². The third-order valence-electron chi connectivity index (χ3n) is 5.95. The Kier molecular flexibility index (Phi) is 12.3. The van der Waals surface area contributed by atoms with E-state index < -0.39 is 0 Å². The zero-order valence-corrected chi connectivity index (χ0v) is 21.2. The average Bonchev–Trinajstić information content (AvgIpc) is 3.00. The molecule has 2 fully saturated rings. The van der Waals surface area contributed by atoms with Crippen molar-refractivity contribution < 1.29 is 9.53 Å².